The lowest BCUT2D eigenvalue weighted by molar-refractivity contribution is -0.119. The van der Waals surface area contributed by atoms with Crippen molar-refractivity contribution < 1.29 is 9.90 Å². The summed E-state index contributed by atoms with van der Waals surface area (Å²) in [5.74, 6) is -0.125. The molecule has 0 radical (unpaired) electrons. The highest BCUT2D eigenvalue weighted by Crippen LogP contribution is 2.28. The first-order valence-electron chi connectivity index (χ1n) is 8.82. The first-order chi connectivity index (χ1) is 11.6. The van der Waals surface area contributed by atoms with Crippen molar-refractivity contribution >= 4 is 23.7 Å². The van der Waals surface area contributed by atoms with Crippen LogP contribution in [0.2, 0.25) is 0 Å². The monoisotopic (exact) mass is 355 g/mol. The van der Waals surface area contributed by atoms with Crippen molar-refractivity contribution in [3.05, 3.63) is 23.0 Å². The molecule has 1 atom stereocenters. The highest BCUT2D eigenvalue weighted by molar-refractivity contribution is 6.17. The molecule has 136 valence electrons. The fraction of sp³-hybridized carbons (Fsp3) is 0.667. The molecule has 5 N–H and O–H groups in total. The van der Waals surface area contributed by atoms with Gasteiger partial charge in [0.05, 0.1) is 18.2 Å². The van der Waals surface area contributed by atoms with E-state index in [4.69, 9.17) is 27.9 Å². The predicted molar refractivity (Wildman–Crippen MR) is 99.1 cm³/mol. The van der Waals surface area contributed by atoms with Gasteiger partial charge in [-0.3, -0.25) is 4.79 Å². The molecule has 1 aromatic rings. The summed E-state index contributed by atoms with van der Waals surface area (Å²) in [7, 11) is 0. The number of aromatic nitrogens is 1. The molecule has 1 aromatic heterocycles. The van der Waals surface area contributed by atoms with E-state index in [2.05, 4.69) is 4.98 Å². The minimum atomic E-state index is -0.248. The third-order valence-electron chi connectivity index (χ3n) is 4.33. The summed E-state index contributed by atoms with van der Waals surface area (Å²) < 4.78 is 0. The number of nitrogens with one attached hydrogen (secondary N) is 2. The minimum absolute atomic E-state index is 0.0849. The molecule has 5 nitrogen and oxygen atoms in total. The van der Waals surface area contributed by atoms with Crippen LogP contribution in [0.15, 0.2) is 6.07 Å². The maximum Gasteiger partial charge on any atom is 0.226 e. The maximum absolute atomic E-state index is 11.8. The molecular formula is C18H30ClN3O2. The Morgan fingerprint density at radius 3 is 2.42 bits per heavy atom. The molecule has 0 aromatic carbocycles. The smallest absolute Gasteiger partial charge is 0.226 e. The summed E-state index contributed by atoms with van der Waals surface area (Å²) >= 11 is 4.94. The second-order valence-corrected chi connectivity index (χ2v) is 6.57. The Morgan fingerprint density at radius 1 is 1.29 bits per heavy atom. The number of hydrogen-bond donors (Lipinski definition) is 4. The van der Waals surface area contributed by atoms with Crippen LogP contribution in [-0.2, 0) is 11.2 Å². The van der Waals surface area contributed by atoms with Crippen molar-refractivity contribution in [3.63, 3.8) is 0 Å². The number of aromatic amines is 1. The van der Waals surface area contributed by atoms with Crippen molar-refractivity contribution in [1.29, 1.82) is 5.41 Å². The zero-order chi connectivity index (χ0) is 17.8. The fourth-order valence-electron chi connectivity index (χ4n) is 3.11. The molecule has 2 rings (SSSR count). The third kappa shape index (κ3) is 7.05. The lowest BCUT2D eigenvalue weighted by Gasteiger charge is -2.15. The number of alkyl halides is 1. The molecule has 1 aliphatic carbocycles. The summed E-state index contributed by atoms with van der Waals surface area (Å²) in [6, 6.07) is 2.00. The molecule has 6 heteroatoms. The number of carbonyl (C=O) groups is 1. The fourth-order valence-corrected chi connectivity index (χ4v) is 3.11. The van der Waals surface area contributed by atoms with Gasteiger partial charge in [-0.2, -0.15) is 0 Å². The van der Waals surface area contributed by atoms with Gasteiger partial charge in [-0.1, -0.05) is 38.5 Å². The summed E-state index contributed by atoms with van der Waals surface area (Å²) in [4.78, 5) is 15.0. The van der Waals surface area contributed by atoms with Gasteiger partial charge in [-0.25, -0.2) is 0 Å². The Morgan fingerprint density at radius 2 is 1.88 bits per heavy atom. The Balaban J connectivity index is 0.000000648. The first-order valence-corrected chi connectivity index (χ1v) is 9.35. The Kier molecular flexibility index (Phi) is 10.4. The van der Waals surface area contributed by atoms with Crippen molar-refractivity contribution in [2.45, 2.75) is 63.7 Å². The lowest BCUT2D eigenvalue weighted by Crippen LogP contribution is -2.23. The molecule has 1 heterocycles. The van der Waals surface area contributed by atoms with E-state index in [1.54, 1.807) is 0 Å². The molecule has 0 spiro atoms. The van der Waals surface area contributed by atoms with Gasteiger partial charge in [0, 0.05) is 17.8 Å². The van der Waals surface area contributed by atoms with Crippen molar-refractivity contribution in [2.75, 3.05) is 12.5 Å². The standard InChI is InChI=1S/C16H25N3O.C2H5ClO/c17-11-13-10-12-8-6-4-2-1-3-5-7-9-14(16(18)20)15(12)19-13;3-1-2-4/h10-11,14,17,19H,1-9H2,(H2,18,20);4H,1-2H2. The van der Waals surface area contributed by atoms with Crippen LogP contribution in [0.3, 0.4) is 0 Å². The van der Waals surface area contributed by atoms with E-state index in [0.717, 1.165) is 37.1 Å². The molecule has 0 saturated carbocycles. The third-order valence-corrected chi connectivity index (χ3v) is 4.49. The van der Waals surface area contributed by atoms with Crippen LogP contribution in [0.5, 0.6) is 0 Å². The van der Waals surface area contributed by atoms with E-state index in [0.29, 0.717) is 5.88 Å². The number of hydrogen-bond acceptors (Lipinski definition) is 3. The molecule has 1 aliphatic rings. The quantitative estimate of drug-likeness (QED) is 0.492. The molecule has 0 aliphatic heterocycles. The van der Waals surface area contributed by atoms with Gasteiger partial charge in [0.15, 0.2) is 0 Å². The van der Waals surface area contributed by atoms with E-state index >= 15 is 0 Å². The van der Waals surface area contributed by atoms with E-state index < -0.39 is 0 Å². The van der Waals surface area contributed by atoms with Gasteiger partial charge < -0.3 is 21.2 Å². The van der Waals surface area contributed by atoms with Crippen LogP contribution in [-0.4, -0.2) is 34.7 Å². The van der Waals surface area contributed by atoms with Crippen molar-refractivity contribution in [2.24, 2.45) is 5.73 Å². The van der Waals surface area contributed by atoms with E-state index in [9.17, 15) is 4.79 Å². The number of primary amides is 1. The number of aliphatic hydroxyl groups is 1. The minimum Gasteiger partial charge on any atom is -0.395 e. The topological polar surface area (TPSA) is 103 Å². The summed E-state index contributed by atoms with van der Waals surface area (Å²) in [5, 5.41) is 15.1. The van der Waals surface area contributed by atoms with Crippen LogP contribution in [0.25, 0.3) is 0 Å². The average Bonchev–Trinajstić information content (AvgIpc) is 2.97. The number of halogens is 1. The molecule has 0 fully saturated rings. The van der Waals surface area contributed by atoms with Crippen molar-refractivity contribution in [1.82, 2.24) is 4.98 Å². The number of amides is 1. The molecule has 0 saturated heterocycles. The van der Waals surface area contributed by atoms with Crippen molar-refractivity contribution in [3.8, 4) is 0 Å². The second-order valence-electron chi connectivity index (χ2n) is 6.19. The van der Waals surface area contributed by atoms with Crippen LogP contribution >= 0.6 is 11.6 Å². The van der Waals surface area contributed by atoms with Gasteiger partial charge in [0.1, 0.15) is 0 Å². The highest BCUT2D eigenvalue weighted by atomic mass is 35.5. The Bertz CT molecular complexity index is 500. The largest absolute Gasteiger partial charge is 0.395 e. The van der Waals surface area contributed by atoms with E-state index in [1.165, 1.54) is 43.9 Å². The Hall–Kier alpha value is -1.33. The molecule has 1 unspecified atom stereocenters. The predicted octanol–water partition coefficient (Wildman–Crippen LogP) is 3.48. The maximum atomic E-state index is 11.8. The van der Waals surface area contributed by atoms with Gasteiger partial charge in [-0.05, 0) is 30.9 Å². The van der Waals surface area contributed by atoms with Crippen LogP contribution in [0, 0.1) is 5.41 Å². The molecule has 24 heavy (non-hydrogen) atoms. The average molecular weight is 356 g/mol. The lowest BCUT2D eigenvalue weighted by atomic mass is 9.91. The van der Waals surface area contributed by atoms with Gasteiger partial charge in [-0.15, -0.1) is 11.6 Å². The highest BCUT2D eigenvalue weighted by Gasteiger charge is 2.23. The number of nitrogens with two attached hydrogens (primary N) is 1. The van der Waals surface area contributed by atoms with Gasteiger partial charge >= 0.3 is 0 Å². The zero-order valence-electron chi connectivity index (χ0n) is 14.3. The summed E-state index contributed by atoms with van der Waals surface area (Å²) in [6.07, 6.45) is 11.6. The number of carbonyl (C=O) groups excluding carboxylic acids is 1. The number of rotatable bonds is 3. The van der Waals surface area contributed by atoms with Crippen LogP contribution in [0.1, 0.15) is 74.2 Å². The van der Waals surface area contributed by atoms with Crippen LogP contribution < -0.4 is 5.73 Å². The SMILES string of the molecule is N=Cc1cc2c([nH]1)C(C(N)=O)CCCCCCCCC2.OCCCl. The molecular weight excluding hydrogens is 326 g/mol. The van der Waals surface area contributed by atoms with E-state index in [1.807, 2.05) is 6.07 Å². The van der Waals surface area contributed by atoms with Gasteiger partial charge in [0.25, 0.3) is 0 Å². The normalized spacial score (nSPS) is 19.0. The second kappa shape index (κ2) is 12.1. The Labute approximate surface area is 149 Å². The van der Waals surface area contributed by atoms with Crippen LogP contribution in [0.4, 0.5) is 0 Å². The molecule has 0 bridgehead atoms. The molecule has 1 amide bonds. The summed E-state index contributed by atoms with van der Waals surface area (Å²) in [5.41, 5.74) is 8.50. The van der Waals surface area contributed by atoms with E-state index in [-0.39, 0.29) is 18.4 Å². The van der Waals surface area contributed by atoms with Gasteiger partial charge in [0.2, 0.25) is 5.91 Å². The number of fused-ring (bicyclic) bond motifs is 1. The number of aliphatic hydroxyl groups excluding tert-OH is 1. The number of H-pyrrole nitrogens is 1. The number of aryl methyl sites for hydroxylation is 1. The zero-order valence-corrected chi connectivity index (χ0v) is 15.1. The first kappa shape index (κ1) is 20.7. The summed E-state index contributed by atoms with van der Waals surface area (Å²) in [6.45, 7) is 0.0849.